The largest absolute Gasteiger partial charge is 0.490 e. The Labute approximate surface area is 194 Å². The van der Waals surface area contributed by atoms with Crippen LogP contribution in [-0.2, 0) is 4.74 Å². The first-order valence-electron chi connectivity index (χ1n) is 11.2. The molecule has 0 saturated carbocycles. The second-order valence-electron chi connectivity index (χ2n) is 7.89. The number of ether oxygens (including phenoxy) is 2. The molecule has 2 atom stereocenters. The van der Waals surface area contributed by atoms with Gasteiger partial charge in [0.05, 0.1) is 0 Å². The second kappa shape index (κ2) is 10.0. The molecule has 33 heavy (non-hydrogen) atoms. The van der Waals surface area contributed by atoms with E-state index in [2.05, 4.69) is 42.5 Å². The summed E-state index contributed by atoms with van der Waals surface area (Å²) in [6.45, 7) is 0.491. The predicted molar refractivity (Wildman–Crippen MR) is 133 cm³/mol. The van der Waals surface area contributed by atoms with Crippen LogP contribution < -0.4 is 4.74 Å². The van der Waals surface area contributed by atoms with E-state index in [0.29, 0.717) is 12.5 Å². The Bertz CT molecular complexity index is 1230. The van der Waals surface area contributed by atoms with Crippen LogP contribution in [0.15, 0.2) is 126 Å². The Kier molecular flexibility index (Phi) is 6.30. The monoisotopic (exact) mass is 431 g/mol. The molecule has 0 unspecified atom stereocenters. The molecule has 3 heteroatoms. The van der Waals surface area contributed by atoms with Crippen molar-refractivity contribution in [3.63, 3.8) is 0 Å². The summed E-state index contributed by atoms with van der Waals surface area (Å²) in [5.74, 6) is 1.43. The fourth-order valence-electron chi connectivity index (χ4n) is 3.96. The van der Waals surface area contributed by atoms with E-state index in [1.54, 1.807) is 0 Å². The highest BCUT2D eigenvalue weighted by Gasteiger charge is 2.34. The lowest BCUT2D eigenvalue weighted by atomic mass is 9.97. The van der Waals surface area contributed by atoms with E-state index in [-0.39, 0.29) is 12.1 Å². The molecule has 1 aliphatic heterocycles. The third-order valence-corrected chi connectivity index (χ3v) is 5.59. The summed E-state index contributed by atoms with van der Waals surface area (Å²) in [7, 11) is 0. The first-order valence-corrected chi connectivity index (χ1v) is 11.2. The fraction of sp³-hybridized carbons (Fsp3) is 0.100. The highest BCUT2D eigenvalue weighted by molar-refractivity contribution is 5.96. The second-order valence-corrected chi connectivity index (χ2v) is 7.89. The summed E-state index contributed by atoms with van der Waals surface area (Å²) in [5, 5.41) is 0. The molecule has 0 spiro atoms. The van der Waals surface area contributed by atoms with Crippen LogP contribution in [0.25, 0.3) is 6.08 Å². The molecule has 0 aromatic heterocycles. The summed E-state index contributed by atoms with van der Waals surface area (Å²) in [4.78, 5) is 4.99. The highest BCUT2D eigenvalue weighted by Crippen LogP contribution is 2.41. The van der Waals surface area contributed by atoms with Crippen LogP contribution in [0.1, 0.15) is 34.4 Å². The first kappa shape index (κ1) is 20.8. The van der Waals surface area contributed by atoms with E-state index in [1.165, 1.54) is 0 Å². The van der Waals surface area contributed by atoms with Crippen molar-refractivity contribution in [1.29, 1.82) is 0 Å². The lowest BCUT2D eigenvalue weighted by Crippen LogP contribution is -2.09. The Balaban J connectivity index is 1.34. The summed E-state index contributed by atoms with van der Waals surface area (Å²) in [6, 6.07) is 38.7. The van der Waals surface area contributed by atoms with Gasteiger partial charge in [-0.05, 0) is 41.0 Å². The number of aliphatic imine (C=N–C) groups is 1. The normalized spacial score (nSPS) is 17.5. The standard InChI is InChI=1S/C30H25NO2/c1-4-12-23(13-5-1)14-11-21-32-27-20-10-19-26(22-27)30-31-28(24-15-6-2-7-16-24)29(33-30)25-17-8-3-9-18-25/h1-20,22,28-29H,21H2/b14-11+/t28-,29-/m1/s1. The van der Waals surface area contributed by atoms with E-state index >= 15 is 0 Å². The van der Waals surface area contributed by atoms with Gasteiger partial charge in [-0.3, -0.25) is 0 Å². The maximum atomic E-state index is 6.42. The van der Waals surface area contributed by atoms with Gasteiger partial charge in [-0.2, -0.15) is 0 Å². The van der Waals surface area contributed by atoms with Gasteiger partial charge in [0.15, 0.2) is 6.10 Å². The molecule has 5 rings (SSSR count). The van der Waals surface area contributed by atoms with Gasteiger partial charge in [0.2, 0.25) is 5.90 Å². The molecule has 0 radical (unpaired) electrons. The van der Waals surface area contributed by atoms with Gasteiger partial charge in [0, 0.05) is 5.56 Å². The zero-order valence-corrected chi connectivity index (χ0v) is 18.2. The van der Waals surface area contributed by atoms with Crippen molar-refractivity contribution >= 4 is 12.0 Å². The zero-order chi connectivity index (χ0) is 22.3. The SMILES string of the molecule is C(=C\c1ccccc1)/COc1cccc(C2=N[C@H](c3ccccc3)[C@@H](c3ccccc3)O2)c1. The van der Waals surface area contributed by atoms with Crippen LogP contribution in [-0.4, -0.2) is 12.5 Å². The third kappa shape index (κ3) is 5.04. The van der Waals surface area contributed by atoms with Gasteiger partial charge in [-0.25, -0.2) is 4.99 Å². The van der Waals surface area contributed by atoms with Crippen molar-refractivity contribution in [2.75, 3.05) is 6.61 Å². The maximum Gasteiger partial charge on any atom is 0.217 e. The molecular formula is C30H25NO2. The number of nitrogens with zero attached hydrogens (tertiary/aromatic N) is 1. The first-order chi connectivity index (χ1) is 16.4. The molecule has 0 aliphatic carbocycles. The van der Waals surface area contributed by atoms with E-state index in [9.17, 15) is 0 Å². The average molecular weight is 432 g/mol. The molecule has 4 aromatic rings. The highest BCUT2D eigenvalue weighted by atomic mass is 16.5. The van der Waals surface area contributed by atoms with Gasteiger partial charge in [-0.1, -0.05) is 103 Å². The van der Waals surface area contributed by atoms with E-state index < -0.39 is 0 Å². The predicted octanol–water partition coefficient (Wildman–Crippen LogP) is 7.04. The van der Waals surface area contributed by atoms with Crippen LogP contribution >= 0.6 is 0 Å². The molecule has 3 nitrogen and oxygen atoms in total. The zero-order valence-electron chi connectivity index (χ0n) is 18.2. The van der Waals surface area contributed by atoms with Gasteiger partial charge >= 0.3 is 0 Å². The number of hydrogen-bond donors (Lipinski definition) is 0. The van der Waals surface area contributed by atoms with E-state index in [0.717, 1.165) is 28.0 Å². The molecule has 0 N–H and O–H groups in total. The summed E-state index contributed by atoms with van der Waals surface area (Å²) in [5.41, 5.74) is 4.32. The number of benzene rings is 4. The topological polar surface area (TPSA) is 30.8 Å². The molecule has 0 fully saturated rings. The summed E-state index contributed by atoms with van der Waals surface area (Å²) >= 11 is 0. The number of hydrogen-bond acceptors (Lipinski definition) is 3. The minimum absolute atomic E-state index is 0.0954. The van der Waals surface area contributed by atoms with Crippen LogP contribution in [0.3, 0.4) is 0 Å². The van der Waals surface area contributed by atoms with Crippen molar-refractivity contribution in [3.8, 4) is 5.75 Å². The molecular weight excluding hydrogens is 406 g/mol. The number of rotatable bonds is 7. The van der Waals surface area contributed by atoms with Crippen molar-refractivity contribution in [1.82, 2.24) is 0 Å². The molecule has 0 amide bonds. The van der Waals surface area contributed by atoms with Gasteiger partial charge in [0.1, 0.15) is 18.4 Å². The Morgan fingerprint density at radius 1 is 0.727 bits per heavy atom. The van der Waals surface area contributed by atoms with E-state index in [1.807, 2.05) is 84.9 Å². The smallest absolute Gasteiger partial charge is 0.217 e. The van der Waals surface area contributed by atoms with Crippen LogP contribution in [0.2, 0.25) is 0 Å². The molecule has 0 bridgehead atoms. The molecule has 0 saturated heterocycles. The van der Waals surface area contributed by atoms with Crippen molar-refractivity contribution in [2.45, 2.75) is 12.1 Å². The van der Waals surface area contributed by atoms with Gasteiger partial charge < -0.3 is 9.47 Å². The van der Waals surface area contributed by atoms with Crippen molar-refractivity contribution < 1.29 is 9.47 Å². The van der Waals surface area contributed by atoms with Gasteiger partial charge in [-0.15, -0.1) is 0 Å². The minimum atomic E-state index is -0.165. The lowest BCUT2D eigenvalue weighted by molar-refractivity contribution is 0.197. The van der Waals surface area contributed by atoms with Crippen LogP contribution in [0, 0.1) is 0 Å². The van der Waals surface area contributed by atoms with Crippen molar-refractivity contribution in [2.24, 2.45) is 4.99 Å². The molecule has 162 valence electrons. The molecule has 1 heterocycles. The summed E-state index contributed by atoms with van der Waals surface area (Å²) in [6.07, 6.45) is 3.91. The average Bonchev–Trinajstić information content (AvgIpc) is 3.34. The van der Waals surface area contributed by atoms with E-state index in [4.69, 9.17) is 14.5 Å². The summed E-state index contributed by atoms with van der Waals surface area (Å²) < 4.78 is 12.4. The fourth-order valence-corrected chi connectivity index (χ4v) is 3.96. The Morgan fingerprint density at radius 3 is 2.12 bits per heavy atom. The maximum absolute atomic E-state index is 6.42. The Hall–Kier alpha value is -4.11. The minimum Gasteiger partial charge on any atom is -0.490 e. The third-order valence-electron chi connectivity index (χ3n) is 5.59. The van der Waals surface area contributed by atoms with Gasteiger partial charge in [0.25, 0.3) is 0 Å². The Morgan fingerprint density at radius 2 is 1.39 bits per heavy atom. The molecule has 1 aliphatic rings. The molecule has 4 aromatic carbocycles. The van der Waals surface area contributed by atoms with Crippen LogP contribution in [0.4, 0.5) is 0 Å². The quantitative estimate of drug-likeness (QED) is 0.314. The lowest BCUT2D eigenvalue weighted by Gasteiger charge is -2.18. The van der Waals surface area contributed by atoms with Crippen molar-refractivity contribution in [3.05, 3.63) is 144 Å². The van der Waals surface area contributed by atoms with Crippen LogP contribution in [0.5, 0.6) is 5.75 Å².